The van der Waals surface area contributed by atoms with Gasteiger partial charge in [0.25, 0.3) is 0 Å². The van der Waals surface area contributed by atoms with Gasteiger partial charge in [0.15, 0.2) is 0 Å². The van der Waals surface area contributed by atoms with Gasteiger partial charge in [-0.1, -0.05) is 17.7 Å². The number of aromatic nitrogens is 4. The summed E-state index contributed by atoms with van der Waals surface area (Å²) in [6, 6.07) is 5.63. The summed E-state index contributed by atoms with van der Waals surface area (Å²) in [7, 11) is 1.87. The van der Waals surface area contributed by atoms with Crippen LogP contribution in [0, 0.1) is 0 Å². The summed E-state index contributed by atoms with van der Waals surface area (Å²) in [5, 5.41) is 4.88. The van der Waals surface area contributed by atoms with Crippen LogP contribution in [0.2, 0.25) is 5.02 Å². The SMILES string of the molecule is CC(C)n1c(C(N)c2cnn(C)c2)nc2cccc(Cl)c21. The summed E-state index contributed by atoms with van der Waals surface area (Å²) in [5.74, 6) is 0.807. The lowest BCUT2D eigenvalue weighted by molar-refractivity contribution is 0.567. The molecule has 1 unspecified atom stereocenters. The van der Waals surface area contributed by atoms with Crippen molar-refractivity contribution in [1.29, 1.82) is 0 Å². The van der Waals surface area contributed by atoms with E-state index in [0.717, 1.165) is 22.4 Å². The highest BCUT2D eigenvalue weighted by atomic mass is 35.5. The number of rotatable bonds is 3. The van der Waals surface area contributed by atoms with E-state index < -0.39 is 0 Å². The Morgan fingerprint density at radius 3 is 2.67 bits per heavy atom. The van der Waals surface area contributed by atoms with Gasteiger partial charge in [0.1, 0.15) is 5.82 Å². The van der Waals surface area contributed by atoms with Gasteiger partial charge in [0.2, 0.25) is 0 Å². The number of imidazole rings is 1. The van der Waals surface area contributed by atoms with Crippen molar-refractivity contribution in [2.24, 2.45) is 12.8 Å². The number of hydrogen-bond acceptors (Lipinski definition) is 3. The Kier molecular flexibility index (Phi) is 3.47. The molecule has 0 amide bonds. The number of hydrogen-bond donors (Lipinski definition) is 1. The van der Waals surface area contributed by atoms with Crippen LogP contribution in [0.5, 0.6) is 0 Å². The van der Waals surface area contributed by atoms with Gasteiger partial charge in [-0.3, -0.25) is 4.68 Å². The Hall–Kier alpha value is -1.85. The molecule has 3 aromatic rings. The van der Waals surface area contributed by atoms with E-state index in [9.17, 15) is 0 Å². The van der Waals surface area contributed by atoms with Gasteiger partial charge in [-0.05, 0) is 26.0 Å². The van der Waals surface area contributed by atoms with E-state index in [1.54, 1.807) is 10.9 Å². The number of aryl methyl sites for hydroxylation is 1. The lowest BCUT2D eigenvalue weighted by Gasteiger charge is -2.17. The summed E-state index contributed by atoms with van der Waals surface area (Å²) >= 11 is 6.36. The fraction of sp³-hybridized carbons (Fsp3) is 0.333. The van der Waals surface area contributed by atoms with Gasteiger partial charge in [-0.2, -0.15) is 5.10 Å². The summed E-state index contributed by atoms with van der Waals surface area (Å²) in [4.78, 5) is 4.70. The highest BCUT2D eigenvalue weighted by Gasteiger charge is 2.22. The first-order chi connectivity index (χ1) is 9.99. The average molecular weight is 304 g/mol. The monoisotopic (exact) mass is 303 g/mol. The first kappa shape index (κ1) is 14.1. The first-order valence-electron chi connectivity index (χ1n) is 6.89. The van der Waals surface area contributed by atoms with Crippen LogP contribution in [0.1, 0.15) is 37.3 Å². The van der Waals surface area contributed by atoms with E-state index in [1.165, 1.54) is 0 Å². The third kappa shape index (κ3) is 2.32. The zero-order valence-corrected chi connectivity index (χ0v) is 13.0. The Morgan fingerprint density at radius 1 is 1.29 bits per heavy atom. The molecule has 0 aliphatic heterocycles. The largest absolute Gasteiger partial charge is 0.323 e. The Labute approximate surface area is 128 Å². The number of fused-ring (bicyclic) bond motifs is 1. The Balaban J connectivity index is 2.22. The molecule has 2 N–H and O–H groups in total. The molecule has 0 radical (unpaired) electrons. The van der Waals surface area contributed by atoms with Gasteiger partial charge in [-0.15, -0.1) is 0 Å². The van der Waals surface area contributed by atoms with E-state index in [4.69, 9.17) is 22.3 Å². The maximum atomic E-state index is 6.40. The van der Waals surface area contributed by atoms with Gasteiger partial charge < -0.3 is 10.3 Å². The third-order valence-electron chi connectivity index (χ3n) is 3.57. The van der Waals surface area contributed by atoms with E-state index in [2.05, 4.69) is 23.5 Å². The molecule has 0 aliphatic carbocycles. The molecule has 5 nitrogen and oxygen atoms in total. The minimum absolute atomic E-state index is 0.215. The molecule has 0 bridgehead atoms. The molecule has 1 aromatic carbocycles. The Morgan fingerprint density at radius 2 is 2.05 bits per heavy atom. The lowest BCUT2D eigenvalue weighted by atomic mass is 10.1. The predicted octanol–water partition coefficient (Wildman–Crippen LogP) is 3.05. The molecule has 1 atom stereocenters. The van der Waals surface area contributed by atoms with Crippen molar-refractivity contribution in [1.82, 2.24) is 19.3 Å². The van der Waals surface area contributed by atoms with Crippen molar-refractivity contribution < 1.29 is 0 Å². The lowest BCUT2D eigenvalue weighted by Crippen LogP contribution is -2.18. The van der Waals surface area contributed by atoms with Crippen LogP contribution in [-0.4, -0.2) is 19.3 Å². The number of nitrogens with zero attached hydrogens (tertiary/aromatic N) is 4. The summed E-state index contributed by atoms with van der Waals surface area (Å²) in [6.45, 7) is 4.20. The zero-order chi connectivity index (χ0) is 15.1. The predicted molar refractivity (Wildman–Crippen MR) is 84.4 cm³/mol. The van der Waals surface area contributed by atoms with Crippen LogP contribution in [-0.2, 0) is 7.05 Å². The van der Waals surface area contributed by atoms with Crippen molar-refractivity contribution in [3.8, 4) is 0 Å². The van der Waals surface area contributed by atoms with Gasteiger partial charge >= 0.3 is 0 Å². The van der Waals surface area contributed by atoms with E-state index in [1.807, 2.05) is 31.4 Å². The molecule has 0 fully saturated rings. The molecule has 0 spiro atoms. The van der Waals surface area contributed by atoms with Crippen molar-refractivity contribution >= 4 is 22.6 Å². The second-order valence-electron chi connectivity index (χ2n) is 5.47. The van der Waals surface area contributed by atoms with Gasteiger partial charge in [-0.25, -0.2) is 4.98 Å². The van der Waals surface area contributed by atoms with Crippen molar-refractivity contribution in [3.63, 3.8) is 0 Å². The van der Waals surface area contributed by atoms with Crippen LogP contribution in [0.25, 0.3) is 11.0 Å². The van der Waals surface area contributed by atoms with Crippen LogP contribution in [0.3, 0.4) is 0 Å². The number of para-hydroxylation sites is 1. The molecule has 2 heterocycles. The van der Waals surface area contributed by atoms with Gasteiger partial charge in [0, 0.05) is 24.8 Å². The number of nitrogens with two attached hydrogens (primary N) is 1. The summed E-state index contributed by atoms with van der Waals surface area (Å²) in [5.41, 5.74) is 9.14. The molecule has 110 valence electrons. The molecule has 21 heavy (non-hydrogen) atoms. The zero-order valence-electron chi connectivity index (χ0n) is 12.3. The summed E-state index contributed by atoms with van der Waals surface area (Å²) in [6.07, 6.45) is 3.69. The molecular weight excluding hydrogens is 286 g/mol. The third-order valence-corrected chi connectivity index (χ3v) is 3.87. The second-order valence-corrected chi connectivity index (χ2v) is 5.87. The van der Waals surface area contributed by atoms with E-state index in [-0.39, 0.29) is 12.1 Å². The van der Waals surface area contributed by atoms with Crippen LogP contribution >= 0.6 is 11.6 Å². The average Bonchev–Trinajstić information content (AvgIpc) is 3.02. The number of benzene rings is 1. The summed E-state index contributed by atoms with van der Waals surface area (Å²) < 4.78 is 3.85. The molecule has 2 aromatic heterocycles. The molecule has 0 saturated carbocycles. The smallest absolute Gasteiger partial charge is 0.131 e. The van der Waals surface area contributed by atoms with E-state index >= 15 is 0 Å². The molecule has 0 aliphatic rings. The van der Waals surface area contributed by atoms with Gasteiger partial charge in [0.05, 0.1) is 28.3 Å². The van der Waals surface area contributed by atoms with Crippen molar-refractivity contribution in [2.45, 2.75) is 25.9 Å². The van der Waals surface area contributed by atoms with Crippen molar-refractivity contribution in [2.75, 3.05) is 0 Å². The van der Waals surface area contributed by atoms with Crippen LogP contribution in [0.4, 0.5) is 0 Å². The maximum Gasteiger partial charge on any atom is 0.131 e. The molecular formula is C15H18ClN5. The quantitative estimate of drug-likeness (QED) is 0.809. The Bertz CT molecular complexity index is 787. The standard InChI is InChI=1S/C15H18ClN5/c1-9(2)21-14-11(16)5-4-6-12(14)19-15(21)13(17)10-7-18-20(3)8-10/h4-9,13H,17H2,1-3H3. The van der Waals surface area contributed by atoms with E-state index in [0.29, 0.717) is 5.02 Å². The van der Waals surface area contributed by atoms with Crippen LogP contribution in [0.15, 0.2) is 30.6 Å². The topological polar surface area (TPSA) is 61.7 Å². The fourth-order valence-electron chi connectivity index (χ4n) is 2.62. The van der Waals surface area contributed by atoms with Crippen LogP contribution < -0.4 is 5.73 Å². The molecule has 0 saturated heterocycles. The highest BCUT2D eigenvalue weighted by Crippen LogP contribution is 2.31. The highest BCUT2D eigenvalue weighted by molar-refractivity contribution is 6.35. The molecule has 6 heteroatoms. The minimum atomic E-state index is -0.329. The maximum absolute atomic E-state index is 6.40. The number of halogens is 1. The minimum Gasteiger partial charge on any atom is -0.323 e. The second kappa shape index (κ2) is 5.16. The normalized spacial score (nSPS) is 13.2. The first-order valence-corrected chi connectivity index (χ1v) is 7.27. The van der Waals surface area contributed by atoms with Crippen molar-refractivity contribution in [3.05, 3.63) is 47.0 Å². The molecule has 3 rings (SSSR count). The fourth-order valence-corrected chi connectivity index (χ4v) is 2.88.